The van der Waals surface area contributed by atoms with Gasteiger partial charge in [0.1, 0.15) is 0 Å². The van der Waals surface area contributed by atoms with Gasteiger partial charge >= 0.3 is 0 Å². The molecule has 0 atom stereocenters. The van der Waals surface area contributed by atoms with Gasteiger partial charge in [-0.15, -0.1) is 0 Å². The number of halogens is 2. The summed E-state index contributed by atoms with van der Waals surface area (Å²) in [5, 5.41) is 0. The van der Waals surface area contributed by atoms with E-state index in [1.165, 1.54) is 20.3 Å². The molecule has 1 aromatic rings. The van der Waals surface area contributed by atoms with E-state index in [-0.39, 0.29) is 17.2 Å². The molecular weight excluding hydrogens is 208 g/mol. The Bertz CT molecular complexity index is 369. The van der Waals surface area contributed by atoms with Crippen LogP contribution in [0.5, 0.6) is 11.6 Å². The predicted molar refractivity (Wildman–Crippen MR) is 47.7 cm³/mol. The van der Waals surface area contributed by atoms with Crippen LogP contribution in [0.3, 0.4) is 0 Å². The van der Waals surface area contributed by atoms with Gasteiger partial charge in [-0.05, 0) is 0 Å². The number of ether oxygens (including phenoxy) is 2. The summed E-state index contributed by atoms with van der Waals surface area (Å²) in [7, 11) is 2.47. The van der Waals surface area contributed by atoms with Crippen molar-refractivity contribution in [2.24, 2.45) is 0 Å². The van der Waals surface area contributed by atoms with Crippen molar-refractivity contribution in [3.63, 3.8) is 0 Å². The first-order chi connectivity index (χ1) is 7.13. The number of methoxy groups -OCH3 is 2. The molecule has 0 radical (unpaired) electrons. The highest BCUT2D eigenvalue weighted by Gasteiger charge is 2.20. The standard InChI is InChI=1S/C9H9F2NO3/c1-14-6-3-5(4-13)8(15-2)7(12-6)9(10)11/h3-4,9H,1-2H3. The predicted octanol–water partition coefficient (Wildman–Crippen LogP) is 1.85. The van der Waals surface area contributed by atoms with Gasteiger partial charge in [0, 0.05) is 6.07 Å². The lowest BCUT2D eigenvalue weighted by molar-refractivity contribution is 0.111. The van der Waals surface area contributed by atoms with E-state index in [1.54, 1.807) is 0 Å². The fourth-order valence-corrected chi connectivity index (χ4v) is 1.11. The molecule has 0 bridgehead atoms. The van der Waals surface area contributed by atoms with Crippen LogP contribution in [0.25, 0.3) is 0 Å². The Kier molecular flexibility index (Phi) is 3.54. The Balaban J connectivity index is 3.38. The molecule has 0 aliphatic heterocycles. The first kappa shape index (κ1) is 11.4. The van der Waals surface area contributed by atoms with Crippen molar-refractivity contribution in [1.82, 2.24) is 4.98 Å². The van der Waals surface area contributed by atoms with Gasteiger partial charge in [-0.1, -0.05) is 0 Å². The van der Waals surface area contributed by atoms with Crippen molar-refractivity contribution in [3.05, 3.63) is 17.3 Å². The lowest BCUT2D eigenvalue weighted by Crippen LogP contribution is -2.02. The number of aldehydes is 1. The quantitative estimate of drug-likeness (QED) is 0.722. The average molecular weight is 217 g/mol. The number of pyridine rings is 1. The van der Waals surface area contributed by atoms with Crippen molar-refractivity contribution in [3.8, 4) is 11.6 Å². The van der Waals surface area contributed by atoms with Crippen molar-refractivity contribution in [2.45, 2.75) is 6.43 Å². The van der Waals surface area contributed by atoms with E-state index in [2.05, 4.69) is 9.72 Å². The second-order valence-electron chi connectivity index (χ2n) is 2.59. The highest BCUT2D eigenvalue weighted by Crippen LogP contribution is 2.31. The molecule has 0 unspecified atom stereocenters. The third-order valence-corrected chi connectivity index (χ3v) is 1.75. The van der Waals surface area contributed by atoms with Crippen molar-refractivity contribution in [2.75, 3.05) is 14.2 Å². The first-order valence-electron chi connectivity index (χ1n) is 4.00. The molecule has 82 valence electrons. The Hall–Kier alpha value is -1.72. The molecule has 0 spiro atoms. The van der Waals surface area contributed by atoms with Crippen LogP contribution in [0.15, 0.2) is 6.07 Å². The number of rotatable bonds is 4. The molecule has 1 aromatic heterocycles. The molecule has 4 nitrogen and oxygen atoms in total. The van der Waals surface area contributed by atoms with Gasteiger partial charge < -0.3 is 9.47 Å². The second-order valence-corrected chi connectivity index (χ2v) is 2.59. The summed E-state index contributed by atoms with van der Waals surface area (Å²) in [6.07, 6.45) is -2.41. The van der Waals surface area contributed by atoms with Gasteiger partial charge in [0.25, 0.3) is 6.43 Å². The van der Waals surface area contributed by atoms with Crippen molar-refractivity contribution in [1.29, 1.82) is 0 Å². The molecule has 0 aliphatic carbocycles. The highest BCUT2D eigenvalue weighted by molar-refractivity contribution is 5.80. The minimum Gasteiger partial charge on any atom is -0.494 e. The number of nitrogens with zero attached hydrogens (tertiary/aromatic N) is 1. The average Bonchev–Trinajstić information content (AvgIpc) is 2.26. The zero-order valence-electron chi connectivity index (χ0n) is 8.16. The largest absolute Gasteiger partial charge is 0.494 e. The Labute approximate surface area is 84.8 Å². The lowest BCUT2D eigenvalue weighted by atomic mass is 10.2. The number of carbonyl (C=O) groups is 1. The van der Waals surface area contributed by atoms with E-state index in [4.69, 9.17) is 4.74 Å². The normalized spacial score (nSPS) is 10.2. The van der Waals surface area contributed by atoms with Crippen LogP contribution >= 0.6 is 0 Å². The summed E-state index contributed by atoms with van der Waals surface area (Å²) in [5.41, 5.74) is -0.612. The maximum atomic E-state index is 12.5. The molecule has 1 rings (SSSR count). The van der Waals surface area contributed by atoms with Crippen LogP contribution in [-0.4, -0.2) is 25.5 Å². The molecule has 0 aromatic carbocycles. The van der Waals surface area contributed by atoms with Crippen LogP contribution in [0.2, 0.25) is 0 Å². The van der Waals surface area contributed by atoms with Gasteiger partial charge in [-0.25, -0.2) is 13.8 Å². The molecule has 0 aliphatic rings. The topological polar surface area (TPSA) is 48.4 Å². The van der Waals surface area contributed by atoms with E-state index in [9.17, 15) is 13.6 Å². The van der Waals surface area contributed by atoms with Gasteiger partial charge in [0.15, 0.2) is 17.7 Å². The molecule has 0 amide bonds. The summed E-state index contributed by atoms with van der Waals surface area (Å²) in [5.74, 6) is -0.269. The summed E-state index contributed by atoms with van der Waals surface area (Å²) in [6.45, 7) is 0. The lowest BCUT2D eigenvalue weighted by Gasteiger charge is -2.10. The maximum absolute atomic E-state index is 12.5. The number of alkyl halides is 2. The third-order valence-electron chi connectivity index (χ3n) is 1.75. The van der Waals surface area contributed by atoms with Gasteiger partial charge in [-0.2, -0.15) is 0 Å². The molecule has 0 fully saturated rings. The Morgan fingerprint density at radius 2 is 2.07 bits per heavy atom. The minimum absolute atomic E-state index is 0.0142. The fraction of sp³-hybridized carbons (Fsp3) is 0.333. The molecule has 6 heteroatoms. The summed E-state index contributed by atoms with van der Waals surface area (Å²) < 4.78 is 34.5. The molecule has 15 heavy (non-hydrogen) atoms. The molecule has 1 heterocycles. The number of aromatic nitrogens is 1. The number of carbonyl (C=O) groups excluding carboxylic acids is 1. The second kappa shape index (κ2) is 4.68. The number of hydrogen-bond donors (Lipinski definition) is 0. The smallest absolute Gasteiger partial charge is 0.284 e. The molecule has 0 saturated heterocycles. The van der Waals surface area contributed by atoms with E-state index < -0.39 is 12.1 Å². The zero-order chi connectivity index (χ0) is 11.4. The van der Waals surface area contributed by atoms with Crippen LogP contribution in [0.1, 0.15) is 22.5 Å². The van der Waals surface area contributed by atoms with Gasteiger partial charge in [0.2, 0.25) is 5.88 Å². The van der Waals surface area contributed by atoms with Crippen LogP contribution in [-0.2, 0) is 0 Å². The van der Waals surface area contributed by atoms with Crippen LogP contribution in [0, 0.1) is 0 Å². The van der Waals surface area contributed by atoms with E-state index in [1.807, 2.05) is 0 Å². The van der Waals surface area contributed by atoms with Gasteiger partial charge in [0.05, 0.1) is 19.8 Å². The van der Waals surface area contributed by atoms with E-state index in [0.717, 1.165) is 0 Å². The first-order valence-corrected chi connectivity index (χ1v) is 4.00. The summed E-state index contributed by atoms with van der Waals surface area (Å²) in [4.78, 5) is 14.1. The van der Waals surface area contributed by atoms with E-state index in [0.29, 0.717) is 6.29 Å². The zero-order valence-corrected chi connectivity index (χ0v) is 8.16. The van der Waals surface area contributed by atoms with Gasteiger partial charge in [-0.3, -0.25) is 4.79 Å². The molecule has 0 saturated carbocycles. The van der Waals surface area contributed by atoms with Crippen molar-refractivity contribution < 1.29 is 23.0 Å². The fourth-order valence-electron chi connectivity index (χ4n) is 1.11. The molecule has 0 N–H and O–H groups in total. The Morgan fingerprint density at radius 3 is 2.47 bits per heavy atom. The SMILES string of the molecule is COc1cc(C=O)c(OC)c(C(F)F)n1. The third kappa shape index (κ3) is 2.20. The summed E-state index contributed by atoms with van der Waals surface area (Å²) in [6, 6.07) is 1.23. The van der Waals surface area contributed by atoms with Crippen molar-refractivity contribution >= 4 is 6.29 Å². The maximum Gasteiger partial charge on any atom is 0.284 e. The van der Waals surface area contributed by atoms with Crippen LogP contribution in [0.4, 0.5) is 8.78 Å². The monoisotopic (exact) mass is 217 g/mol. The van der Waals surface area contributed by atoms with Crippen LogP contribution < -0.4 is 9.47 Å². The summed E-state index contributed by atoms with van der Waals surface area (Å²) >= 11 is 0. The Morgan fingerprint density at radius 1 is 1.40 bits per heavy atom. The molecular formula is C9H9F2NO3. The number of hydrogen-bond acceptors (Lipinski definition) is 4. The highest BCUT2D eigenvalue weighted by atomic mass is 19.3. The minimum atomic E-state index is -2.83. The van der Waals surface area contributed by atoms with E-state index >= 15 is 0 Å².